The summed E-state index contributed by atoms with van der Waals surface area (Å²) in [7, 11) is 0. The van der Waals surface area contributed by atoms with Gasteiger partial charge in [0.25, 0.3) is 5.91 Å². The van der Waals surface area contributed by atoms with Crippen molar-refractivity contribution in [3.05, 3.63) is 47.5 Å². The van der Waals surface area contributed by atoms with Crippen LogP contribution >= 0.6 is 0 Å². The first kappa shape index (κ1) is 23.7. The Morgan fingerprint density at radius 2 is 1.79 bits per heavy atom. The number of nitrogens with one attached hydrogen (secondary N) is 3. The van der Waals surface area contributed by atoms with Crippen LogP contribution in [0.25, 0.3) is 11.1 Å². The van der Waals surface area contributed by atoms with Crippen LogP contribution in [0.4, 0.5) is 5.69 Å². The molecule has 0 radical (unpaired) electrons. The summed E-state index contributed by atoms with van der Waals surface area (Å²) in [5, 5.41) is 21.2. The molecule has 0 bridgehead atoms. The van der Waals surface area contributed by atoms with Crippen LogP contribution in [0.5, 0.6) is 0 Å². The number of aromatic amines is 1. The molecule has 3 aromatic rings. The minimum atomic E-state index is -0.624. The standard InChI is InChI=1S/C25H33N7O2/c1-15(2)32-21(14-26-31-32)24(33)28-23(19-8-6-5-7-9-19)25(34)27-20-12-10-18(11-13-20)22-16(3)29-30-17(22)4/h10-15,19,23H,5-9H2,1-4H3,(H,27,34)(H,28,33)(H,29,30)/t23-/m0/s1. The van der Waals surface area contributed by atoms with Gasteiger partial charge in [0, 0.05) is 23.0 Å². The quantitative estimate of drug-likeness (QED) is 0.486. The minimum Gasteiger partial charge on any atom is -0.339 e. The number of amides is 2. The van der Waals surface area contributed by atoms with E-state index < -0.39 is 6.04 Å². The summed E-state index contributed by atoms with van der Waals surface area (Å²) in [6, 6.07) is 7.09. The maximum absolute atomic E-state index is 13.4. The van der Waals surface area contributed by atoms with Crippen molar-refractivity contribution in [1.82, 2.24) is 30.5 Å². The van der Waals surface area contributed by atoms with E-state index in [9.17, 15) is 9.59 Å². The van der Waals surface area contributed by atoms with Gasteiger partial charge in [0.2, 0.25) is 5.91 Å². The Kier molecular flexibility index (Phi) is 7.09. The zero-order valence-electron chi connectivity index (χ0n) is 20.3. The Morgan fingerprint density at radius 1 is 1.09 bits per heavy atom. The fourth-order valence-corrected chi connectivity index (χ4v) is 4.78. The monoisotopic (exact) mass is 463 g/mol. The normalized spacial score (nSPS) is 15.3. The first-order valence-corrected chi connectivity index (χ1v) is 12.0. The third kappa shape index (κ3) is 5.03. The van der Waals surface area contributed by atoms with E-state index in [-0.39, 0.29) is 23.8 Å². The molecule has 180 valence electrons. The number of anilines is 1. The predicted molar refractivity (Wildman–Crippen MR) is 130 cm³/mol. The van der Waals surface area contributed by atoms with Gasteiger partial charge in [0.05, 0.1) is 11.9 Å². The summed E-state index contributed by atoms with van der Waals surface area (Å²) in [6.45, 7) is 7.83. The largest absolute Gasteiger partial charge is 0.339 e. The van der Waals surface area contributed by atoms with E-state index in [4.69, 9.17) is 0 Å². The second-order valence-electron chi connectivity index (χ2n) is 9.38. The molecule has 2 heterocycles. The highest BCUT2D eigenvalue weighted by molar-refractivity contribution is 6.00. The Balaban J connectivity index is 1.51. The van der Waals surface area contributed by atoms with Gasteiger partial charge in [-0.1, -0.05) is 36.6 Å². The van der Waals surface area contributed by atoms with Gasteiger partial charge in [-0.3, -0.25) is 14.7 Å². The Hall–Kier alpha value is -3.49. The third-order valence-electron chi connectivity index (χ3n) is 6.56. The van der Waals surface area contributed by atoms with Crippen molar-refractivity contribution in [2.45, 2.75) is 71.9 Å². The van der Waals surface area contributed by atoms with Gasteiger partial charge < -0.3 is 10.6 Å². The number of aromatic nitrogens is 5. The Labute approximate surface area is 199 Å². The van der Waals surface area contributed by atoms with Gasteiger partial charge in [-0.15, -0.1) is 5.10 Å². The predicted octanol–water partition coefficient (Wildman–Crippen LogP) is 4.18. The molecule has 0 unspecified atom stereocenters. The second kappa shape index (κ2) is 10.2. The lowest BCUT2D eigenvalue weighted by Crippen LogP contribution is -2.49. The van der Waals surface area contributed by atoms with Crippen LogP contribution in [0, 0.1) is 19.8 Å². The topological polar surface area (TPSA) is 118 Å². The molecule has 4 rings (SSSR count). The van der Waals surface area contributed by atoms with E-state index in [2.05, 4.69) is 31.1 Å². The van der Waals surface area contributed by atoms with Crippen molar-refractivity contribution in [3.8, 4) is 11.1 Å². The number of rotatable bonds is 7. The summed E-state index contributed by atoms with van der Waals surface area (Å²) >= 11 is 0. The molecule has 1 saturated carbocycles. The van der Waals surface area contributed by atoms with Crippen LogP contribution in [-0.2, 0) is 4.79 Å². The summed E-state index contributed by atoms with van der Waals surface area (Å²) in [5.74, 6) is -0.436. The van der Waals surface area contributed by atoms with Crippen molar-refractivity contribution in [2.24, 2.45) is 5.92 Å². The molecular weight excluding hydrogens is 430 g/mol. The van der Waals surface area contributed by atoms with E-state index in [0.717, 1.165) is 54.6 Å². The highest BCUT2D eigenvalue weighted by Gasteiger charge is 2.32. The number of hydrogen-bond donors (Lipinski definition) is 3. The first-order valence-electron chi connectivity index (χ1n) is 12.0. The number of benzene rings is 1. The first-order chi connectivity index (χ1) is 16.3. The molecule has 1 atom stereocenters. The molecule has 34 heavy (non-hydrogen) atoms. The third-order valence-corrected chi connectivity index (χ3v) is 6.56. The van der Waals surface area contributed by atoms with E-state index in [1.165, 1.54) is 6.20 Å². The van der Waals surface area contributed by atoms with Gasteiger partial charge in [-0.25, -0.2) is 4.68 Å². The maximum atomic E-state index is 13.4. The van der Waals surface area contributed by atoms with Crippen LogP contribution in [-0.4, -0.2) is 43.0 Å². The Morgan fingerprint density at radius 3 is 2.41 bits per heavy atom. The SMILES string of the molecule is Cc1n[nH]c(C)c1-c1ccc(NC(=O)[C@@H](NC(=O)c2cnnn2C(C)C)C2CCCCC2)cc1. The minimum absolute atomic E-state index is 0.00813. The lowest BCUT2D eigenvalue weighted by molar-refractivity contribution is -0.119. The van der Waals surface area contributed by atoms with Crippen molar-refractivity contribution < 1.29 is 9.59 Å². The lowest BCUT2D eigenvalue weighted by Gasteiger charge is -2.30. The highest BCUT2D eigenvalue weighted by atomic mass is 16.2. The molecule has 1 aliphatic carbocycles. The average molecular weight is 464 g/mol. The van der Waals surface area contributed by atoms with Crippen LogP contribution in [0.2, 0.25) is 0 Å². The van der Waals surface area contributed by atoms with Gasteiger partial charge in [-0.2, -0.15) is 5.10 Å². The maximum Gasteiger partial charge on any atom is 0.271 e. The molecule has 0 aliphatic heterocycles. The number of H-pyrrole nitrogens is 1. The van der Waals surface area contributed by atoms with Crippen LogP contribution < -0.4 is 10.6 Å². The zero-order chi connectivity index (χ0) is 24.2. The van der Waals surface area contributed by atoms with Crippen molar-refractivity contribution in [3.63, 3.8) is 0 Å². The van der Waals surface area contributed by atoms with Crippen molar-refractivity contribution in [1.29, 1.82) is 0 Å². The molecule has 9 nitrogen and oxygen atoms in total. The van der Waals surface area contributed by atoms with Crippen LogP contribution in [0.1, 0.15) is 73.9 Å². The summed E-state index contributed by atoms with van der Waals surface area (Å²) in [5.41, 5.74) is 5.10. The second-order valence-corrected chi connectivity index (χ2v) is 9.38. The molecule has 1 fully saturated rings. The van der Waals surface area contributed by atoms with Gasteiger partial charge >= 0.3 is 0 Å². The lowest BCUT2D eigenvalue weighted by atomic mass is 9.83. The molecule has 2 amide bonds. The van der Waals surface area contributed by atoms with Gasteiger partial charge in [-0.05, 0) is 64.2 Å². The van der Waals surface area contributed by atoms with E-state index in [0.29, 0.717) is 11.4 Å². The van der Waals surface area contributed by atoms with Gasteiger partial charge in [0.15, 0.2) is 0 Å². The molecule has 0 saturated heterocycles. The Bertz CT molecular complexity index is 1120. The number of nitrogens with zero attached hydrogens (tertiary/aromatic N) is 4. The summed E-state index contributed by atoms with van der Waals surface area (Å²) in [4.78, 5) is 26.5. The van der Waals surface area contributed by atoms with E-state index in [1.54, 1.807) is 4.68 Å². The molecule has 1 aromatic carbocycles. The molecule has 0 spiro atoms. The summed E-state index contributed by atoms with van der Waals surface area (Å²) < 4.78 is 1.57. The molecular formula is C25H33N7O2. The number of hydrogen-bond acceptors (Lipinski definition) is 5. The molecule has 2 aromatic heterocycles. The number of carbonyl (C=O) groups excluding carboxylic acids is 2. The van der Waals surface area contributed by atoms with E-state index in [1.807, 2.05) is 52.0 Å². The smallest absolute Gasteiger partial charge is 0.271 e. The molecule has 9 heteroatoms. The van der Waals surface area contributed by atoms with Crippen LogP contribution in [0.3, 0.4) is 0 Å². The highest BCUT2D eigenvalue weighted by Crippen LogP contribution is 2.29. The fourth-order valence-electron chi connectivity index (χ4n) is 4.78. The molecule has 3 N–H and O–H groups in total. The van der Waals surface area contributed by atoms with Crippen LogP contribution in [0.15, 0.2) is 30.5 Å². The van der Waals surface area contributed by atoms with Crippen molar-refractivity contribution in [2.75, 3.05) is 5.32 Å². The van der Waals surface area contributed by atoms with Gasteiger partial charge in [0.1, 0.15) is 11.7 Å². The fraction of sp³-hybridized carbons (Fsp3) is 0.480. The van der Waals surface area contributed by atoms with Crippen molar-refractivity contribution >= 4 is 17.5 Å². The zero-order valence-corrected chi connectivity index (χ0v) is 20.3. The molecule has 1 aliphatic rings. The number of aryl methyl sites for hydroxylation is 2. The average Bonchev–Trinajstić information content (AvgIpc) is 3.45. The summed E-state index contributed by atoms with van der Waals surface area (Å²) in [6.07, 6.45) is 6.57. The van der Waals surface area contributed by atoms with E-state index >= 15 is 0 Å². The number of carbonyl (C=O) groups is 2.